The Morgan fingerprint density at radius 2 is 2.05 bits per heavy atom. The molecule has 0 aromatic carbocycles. The molecule has 1 aliphatic heterocycles. The smallest absolute Gasteiger partial charge is 0.182 e. The highest BCUT2D eigenvalue weighted by Gasteiger charge is 2.36. The van der Waals surface area contributed by atoms with E-state index in [-0.39, 0.29) is 6.61 Å². The Morgan fingerprint density at radius 1 is 1.26 bits per heavy atom. The molecule has 19 heavy (non-hydrogen) atoms. The first-order chi connectivity index (χ1) is 9.29. The van der Waals surface area contributed by atoms with Crippen molar-refractivity contribution in [1.82, 2.24) is 0 Å². The molecule has 0 spiro atoms. The van der Waals surface area contributed by atoms with Crippen LogP contribution in [-0.2, 0) is 0 Å². The maximum Gasteiger partial charge on any atom is 0.182 e. The number of nitrogens with zero attached hydrogens (tertiary/aromatic N) is 2. The fourth-order valence-electron chi connectivity index (χ4n) is 2.87. The summed E-state index contributed by atoms with van der Waals surface area (Å²) >= 11 is 0. The molecule has 0 bridgehead atoms. The zero-order valence-corrected chi connectivity index (χ0v) is 12.7. The van der Waals surface area contributed by atoms with Gasteiger partial charge in [0.25, 0.3) is 0 Å². The molecule has 2 unspecified atom stereocenters. The Kier molecular flexibility index (Phi) is 7.99. The Bertz CT molecular complexity index is 288. The molecule has 0 fully saturated rings. The minimum atomic E-state index is 0.271. The molecule has 110 valence electrons. The molecule has 1 heterocycles. The molecule has 0 radical (unpaired) electrons. The minimum Gasteiger partial charge on any atom is -0.391 e. The Morgan fingerprint density at radius 3 is 2.74 bits per heavy atom. The van der Waals surface area contributed by atoms with Gasteiger partial charge in [-0.15, -0.1) is 0 Å². The molecule has 0 saturated carbocycles. The van der Waals surface area contributed by atoms with Gasteiger partial charge in [0.15, 0.2) is 6.17 Å². The summed E-state index contributed by atoms with van der Waals surface area (Å²) in [5.41, 5.74) is 0. The van der Waals surface area contributed by atoms with Crippen LogP contribution in [0, 0.1) is 0 Å². The summed E-state index contributed by atoms with van der Waals surface area (Å²) in [6, 6.07) is 0. The fraction of sp³-hybridized carbons (Fsp3) is 0.812. The zero-order valence-electron chi connectivity index (χ0n) is 12.7. The third-order valence-corrected chi connectivity index (χ3v) is 4.24. The minimum absolute atomic E-state index is 0.271. The molecule has 0 saturated heterocycles. The Labute approximate surface area is 118 Å². The molecule has 0 aromatic heterocycles. The molecule has 1 aliphatic rings. The quantitative estimate of drug-likeness (QED) is 0.368. The molecule has 3 heteroatoms. The van der Waals surface area contributed by atoms with Gasteiger partial charge in [0.2, 0.25) is 0 Å². The van der Waals surface area contributed by atoms with Crippen LogP contribution in [0.5, 0.6) is 0 Å². The summed E-state index contributed by atoms with van der Waals surface area (Å²) in [5, 5.41) is 9.25. The summed E-state index contributed by atoms with van der Waals surface area (Å²) in [6.45, 7) is 7.61. The third kappa shape index (κ3) is 5.07. The number of allylic oxidation sites excluding steroid dienone is 2. The van der Waals surface area contributed by atoms with Crippen LogP contribution in [0.1, 0.15) is 52.4 Å². The fourth-order valence-corrected chi connectivity index (χ4v) is 2.87. The highest BCUT2D eigenvalue weighted by Crippen LogP contribution is 2.23. The predicted octanol–water partition coefficient (Wildman–Crippen LogP) is 3.14. The van der Waals surface area contributed by atoms with E-state index in [4.69, 9.17) is 0 Å². The van der Waals surface area contributed by atoms with Crippen LogP contribution in [0.4, 0.5) is 0 Å². The van der Waals surface area contributed by atoms with Crippen molar-refractivity contribution in [3.63, 3.8) is 0 Å². The summed E-state index contributed by atoms with van der Waals surface area (Å²) < 4.78 is 0.960. The lowest BCUT2D eigenvalue weighted by Gasteiger charge is -2.37. The lowest BCUT2D eigenvalue weighted by atomic mass is 10.1. The van der Waals surface area contributed by atoms with E-state index in [0.717, 1.165) is 30.5 Å². The Balaban J connectivity index is 2.25. The van der Waals surface area contributed by atoms with Crippen LogP contribution >= 0.6 is 0 Å². The third-order valence-electron chi connectivity index (χ3n) is 4.24. The number of hydrogen-bond donors (Lipinski definition) is 1. The summed E-state index contributed by atoms with van der Waals surface area (Å²) in [6.07, 6.45) is 14.4. The van der Waals surface area contributed by atoms with Crippen molar-refractivity contribution in [2.75, 3.05) is 26.2 Å². The second kappa shape index (κ2) is 9.27. The molecule has 1 rings (SSSR count). The topological polar surface area (TPSA) is 32.6 Å². The average Bonchev–Trinajstić information content (AvgIpc) is 2.82. The van der Waals surface area contributed by atoms with Crippen molar-refractivity contribution in [2.45, 2.75) is 58.5 Å². The first-order valence-corrected chi connectivity index (χ1v) is 7.92. The predicted molar refractivity (Wildman–Crippen MR) is 82.4 cm³/mol. The van der Waals surface area contributed by atoms with Gasteiger partial charge in [-0.1, -0.05) is 25.5 Å². The molecule has 3 nitrogen and oxygen atoms in total. The van der Waals surface area contributed by atoms with Crippen LogP contribution < -0.4 is 0 Å². The molecule has 2 atom stereocenters. The number of aliphatic imine (C=N–C) groups is 1. The molecule has 1 N–H and O–H groups in total. The summed E-state index contributed by atoms with van der Waals surface area (Å²) in [5.74, 6) is 0. The lowest BCUT2D eigenvalue weighted by Crippen LogP contribution is -2.53. The van der Waals surface area contributed by atoms with Crippen molar-refractivity contribution in [3.8, 4) is 0 Å². The van der Waals surface area contributed by atoms with E-state index < -0.39 is 0 Å². The summed E-state index contributed by atoms with van der Waals surface area (Å²) in [7, 11) is 0. The van der Waals surface area contributed by atoms with Crippen LogP contribution in [0.25, 0.3) is 0 Å². The normalized spacial score (nSPS) is 26.6. The Hall–Kier alpha value is -0.670. The number of aliphatic hydroxyl groups is 1. The first-order valence-electron chi connectivity index (χ1n) is 7.92. The molecule has 0 aliphatic carbocycles. The van der Waals surface area contributed by atoms with E-state index in [0.29, 0.717) is 6.17 Å². The van der Waals surface area contributed by atoms with Crippen molar-refractivity contribution >= 4 is 6.21 Å². The maximum atomic E-state index is 9.25. The van der Waals surface area contributed by atoms with E-state index in [1.54, 1.807) is 0 Å². The summed E-state index contributed by atoms with van der Waals surface area (Å²) in [4.78, 5) is 4.64. The van der Waals surface area contributed by atoms with Gasteiger partial charge >= 0.3 is 0 Å². The van der Waals surface area contributed by atoms with Gasteiger partial charge in [-0.2, -0.15) is 0 Å². The number of aliphatic hydroxyl groups excluding tert-OH is 1. The average molecular weight is 267 g/mol. The van der Waals surface area contributed by atoms with E-state index >= 15 is 0 Å². The zero-order chi connectivity index (χ0) is 14.0. The molecular weight excluding hydrogens is 236 g/mol. The van der Waals surface area contributed by atoms with Crippen molar-refractivity contribution in [1.29, 1.82) is 0 Å². The van der Waals surface area contributed by atoms with E-state index in [1.807, 2.05) is 0 Å². The van der Waals surface area contributed by atoms with E-state index in [1.165, 1.54) is 32.1 Å². The largest absolute Gasteiger partial charge is 0.391 e. The first kappa shape index (κ1) is 16.4. The number of hydrogen-bond acceptors (Lipinski definition) is 2. The number of likely N-dealkylation sites (N-methyl/N-ethyl adjacent to an activating group) is 1. The van der Waals surface area contributed by atoms with Crippen molar-refractivity contribution in [2.24, 2.45) is 4.99 Å². The number of rotatable bonds is 10. The highest BCUT2D eigenvalue weighted by atomic mass is 16.3. The number of unbranched alkanes of at least 4 members (excludes halogenated alkanes) is 3. The van der Waals surface area contributed by atoms with E-state index in [9.17, 15) is 5.11 Å². The van der Waals surface area contributed by atoms with Gasteiger partial charge in [-0.05, 0) is 32.6 Å². The second-order valence-electron chi connectivity index (χ2n) is 5.52. The van der Waals surface area contributed by atoms with Gasteiger partial charge in [0.1, 0.15) is 13.1 Å². The second-order valence-corrected chi connectivity index (χ2v) is 5.52. The van der Waals surface area contributed by atoms with Crippen molar-refractivity contribution in [3.05, 3.63) is 12.2 Å². The standard InChI is InChI=1S/C16H31N2O/c1-3-5-6-7-8-9-10-11-16-17-12-13-18(16,4-2)14-15-19/h6-7,12,16,19H,3-5,8-11,13-15H2,1-2H3/q+1/b7-6+. The van der Waals surface area contributed by atoms with Gasteiger partial charge in [-0.25, -0.2) is 4.99 Å². The lowest BCUT2D eigenvalue weighted by molar-refractivity contribution is -0.936. The SMILES string of the molecule is CCC/C=C/CCCCC1N=CC[N+]1(CC)CCO. The van der Waals surface area contributed by atoms with Gasteiger partial charge in [-0.3, -0.25) is 4.48 Å². The highest BCUT2D eigenvalue weighted by molar-refractivity contribution is 5.60. The van der Waals surface area contributed by atoms with Crippen LogP contribution in [0.2, 0.25) is 0 Å². The van der Waals surface area contributed by atoms with Gasteiger partial charge in [0, 0.05) is 6.42 Å². The van der Waals surface area contributed by atoms with Crippen LogP contribution in [-0.4, -0.2) is 48.2 Å². The molecule has 0 amide bonds. The monoisotopic (exact) mass is 267 g/mol. The van der Waals surface area contributed by atoms with Gasteiger partial charge < -0.3 is 5.11 Å². The molecule has 0 aromatic rings. The number of quaternary nitrogens is 1. The molecular formula is C16H31N2O+. The van der Waals surface area contributed by atoms with Crippen LogP contribution in [0.3, 0.4) is 0 Å². The maximum absolute atomic E-state index is 9.25. The van der Waals surface area contributed by atoms with E-state index in [2.05, 4.69) is 37.2 Å². The van der Waals surface area contributed by atoms with Gasteiger partial charge in [0.05, 0.1) is 19.4 Å². The van der Waals surface area contributed by atoms with Crippen molar-refractivity contribution < 1.29 is 9.59 Å². The van der Waals surface area contributed by atoms with Crippen LogP contribution in [0.15, 0.2) is 17.1 Å².